The summed E-state index contributed by atoms with van der Waals surface area (Å²) in [5, 5.41) is 9.18. The Morgan fingerprint density at radius 3 is 2.65 bits per heavy atom. The minimum atomic E-state index is -0.315. The van der Waals surface area contributed by atoms with Crippen molar-refractivity contribution in [1.29, 1.82) is 0 Å². The van der Waals surface area contributed by atoms with Crippen molar-refractivity contribution in [2.24, 2.45) is 0 Å². The first-order valence-corrected chi connectivity index (χ1v) is 8.17. The molecule has 0 radical (unpaired) electrons. The molecule has 3 rings (SSSR count). The predicted octanol–water partition coefficient (Wildman–Crippen LogP) is 0.934. The average molecular weight is 332 g/mol. The van der Waals surface area contributed by atoms with Crippen LogP contribution >= 0.6 is 11.8 Å². The summed E-state index contributed by atoms with van der Waals surface area (Å²) >= 11 is 1.30. The van der Waals surface area contributed by atoms with E-state index < -0.39 is 0 Å². The maximum Gasteiger partial charge on any atom is 0.248 e. The highest BCUT2D eigenvalue weighted by Crippen LogP contribution is 2.40. The summed E-state index contributed by atoms with van der Waals surface area (Å²) in [5.74, 6) is 0.340. The molecule has 2 aromatic rings. The van der Waals surface area contributed by atoms with Crippen molar-refractivity contribution in [3.8, 4) is 11.4 Å². The van der Waals surface area contributed by atoms with Gasteiger partial charge in [0.25, 0.3) is 0 Å². The lowest BCUT2D eigenvalue weighted by Crippen LogP contribution is -2.41. The van der Waals surface area contributed by atoms with Crippen molar-refractivity contribution in [2.75, 3.05) is 5.75 Å². The van der Waals surface area contributed by atoms with Crippen LogP contribution in [0.2, 0.25) is 0 Å². The van der Waals surface area contributed by atoms with Crippen LogP contribution in [0.25, 0.3) is 11.4 Å². The number of carbonyl (C=O) groups is 2. The highest BCUT2D eigenvalue weighted by molar-refractivity contribution is 7.99. The van der Waals surface area contributed by atoms with E-state index in [1.165, 1.54) is 18.7 Å². The molecule has 2 amide bonds. The second kappa shape index (κ2) is 6.78. The summed E-state index contributed by atoms with van der Waals surface area (Å²) < 4.78 is 2.08. The summed E-state index contributed by atoms with van der Waals surface area (Å²) in [6, 6.07) is 4.16. The highest BCUT2D eigenvalue weighted by Gasteiger charge is 2.30. The Morgan fingerprint density at radius 1 is 1.26 bits per heavy atom. The first kappa shape index (κ1) is 15.5. The normalized spacial score (nSPS) is 13.6. The molecule has 0 aromatic carbocycles. The number of nitrogens with zero attached hydrogens (tertiary/aromatic N) is 4. The van der Waals surface area contributed by atoms with Crippen LogP contribution in [0.3, 0.4) is 0 Å². The van der Waals surface area contributed by atoms with Crippen LogP contribution in [-0.4, -0.2) is 37.3 Å². The van der Waals surface area contributed by atoms with Crippen LogP contribution in [-0.2, 0) is 9.59 Å². The van der Waals surface area contributed by atoms with Crippen LogP contribution in [0.4, 0.5) is 0 Å². The molecule has 2 aromatic heterocycles. The molecule has 0 atom stereocenters. The Kier molecular flexibility index (Phi) is 4.56. The molecule has 1 saturated carbocycles. The molecule has 1 aliphatic rings. The van der Waals surface area contributed by atoms with Gasteiger partial charge in [0.15, 0.2) is 11.0 Å². The summed E-state index contributed by atoms with van der Waals surface area (Å²) in [4.78, 5) is 26.5. The van der Waals surface area contributed by atoms with Crippen molar-refractivity contribution in [2.45, 2.75) is 31.0 Å². The molecule has 0 saturated heterocycles. The van der Waals surface area contributed by atoms with Gasteiger partial charge in [-0.2, -0.15) is 0 Å². The largest absolute Gasteiger partial charge is 0.299 e. The molecule has 1 aliphatic carbocycles. The first-order chi connectivity index (χ1) is 11.1. The van der Waals surface area contributed by atoms with Gasteiger partial charge in [0.2, 0.25) is 11.8 Å². The van der Waals surface area contributed by atoms with E-state index in [1.54, 1.807) is 12.4 Å². The molecule has 120 valence electrons. The van der Waals surface area contributed by atoms with Gasteiger partial charge in [0, 0.05) is 30.9 Å². The second-order valence-electron chi connectivity index (χ2n) is 5.16. The third kappa shape index (κ3) is 3.86. The van der Waals surface area contributed by atoms with Crippen LogP contribution in [0.15, 0.2) is 29.7 Å². The molecule has 0 bridgehead atoms. The van der Waals surface area contributed by atoms with Gasteiger partial charge in [0.1, 0.15) is 0 Å². The quantitative estimate of drug-likeness (QED) is 0.624. The number of hydrogen-bond acceptors (Lipinski definition) is 6. The Bertz CT molecular complexity index is 713. The topological polar surface area (TPSA) is 102 Å². The number of hydrogen-bond donors (Lipinski definition) is 2. The first-order valence-electron chi connectivity index (χ1n) is 7.18. The van der Waals surface area contributed by atoms with E-state index in [0.29, 0.717) is 11.2 Å². The van der Waals surface area contributed by atoms with Crippen LogP contribution in [0, 0.1) is 0 Å². The molecular weight excluding hydrogens is 316 g/mol. The molecule has 8 nitrogen and oxygen atoms in total. The van der Waals surface area contributed by atoms with E-state index in [2.05, 4.69) is 30.6 Å². The van der Waals surface area contributed by atoms with E-state index in [1.807, 2.05) is 12.1 Å². The van der Waals surface area contributed by atoms with Gasteiger partial charge in [-0.25, -0.2) is 0 Å². The van der Waals surface area contributed by atoms with Crippen molar-refractivity contribution >= 4 is 23.6 Å². The van der Waals surface area contributed by atoms with E-state index in [-0.39, 0.29) is 17.6 Å². The van der Waals surface area contributed by atoms with Gasteiger partial charge in [-0.15, -0.1) is 10.2 Å². The number of aromatic nitrogens is 4. The van der Waals surface area contributed by atoms with Crippen molar-refractivity contribution in [1.82, 2.24) is 30.6 Å². The lowest BCUT2D eigenvalue weighted by atomic mass is 10.2. The molecule has 2 heterocycles. The number of nitrogens with one attached hydrogen (secondary N) is 2. The Morgan fingerprint density at radius 2 is 2.00 bits per heavy atom. The van der Waals surface area contributed by atoms with Gasteiger partial charge in [-0.05, 0) is 25.0 Å². The van der Waals surface area contributed by atoms with E-state index in [0.717, 1.165) is 24.2 Å². The number of rotatable bonds is 5. The Balaban J connectivity index is 1.72. The molecule has 0 spiro atoms. The van der Waals surface area contributed by atoms with Gasteiger partial charge >= 0.3 is 0 Å². The SMILES string of the molecule is CC(=O)NNC(=O)CSc1nnc(-c2ccncc2)n1C1CC1. The molecule has 23 heavy (non-hydrogen) atoms. The molecule has 2 N–H and O–H groups in total. The van der Waals surface area contributed by atoms with Crippen molar-refractivity contribution < 1.29 is 9.59 Å². The van der Waals surface area contributed by atoms with Crippen molar-refractivity contribution in [3.63, 3.8) is 0 Å². The van der Waals surface area contributed by atoms with E-state index in [9.17, 15) is 9.59 Å². The molecule has 0 aliphatic heterocycles. The third-order valence-corrected chi connectivity index (χ3v) is 4.17. The van der Waals surface area contributed by atoms with Gasteiger partial charge < -0.3 is 0 Å². The molecular formula is C14H16N6O2S. The Hall–Kier alpha value is -2.42. The lowest BCUT2D eigenvalue weighted by molar-refractivity contribution is -0.126. The minimum absolute atomic E-state index is 0.154. The fourth-order valence-electron chi connectivity index (χ4n) is 2.06. The minimum Gasteiger partial charge on any atom is -0.299 e. The zero-order chi connectivity index (χ0) is 16.2. The molecule has 1 fully saturated rings. The fraction of sp³-hybridized carbons (Fsp3) is 0.357. The molecule has 0 unspecified atom stereocenters. The van der Waals surface area contributed by atoms with E-state index >= 15 is 0 Å². The number of thioether (sulfide) groups is 1. The van der Waals surface area contributed by atoms with Gasteiger partial charge in [-0.3, -0.25) is 30.0 Å². The smallest absolute Gasteiger partial charge is 0.248 e. The van der Waals surface area contributed by atoms with Gasteiger partial charge in [0.05, 0.1) is 5.75 Å². The summed E-state index contributed by atoms with van der Waals surface area (Å²) in [7, 11) is 0. The highest BCUT2D eigenvalue weighted by atomic mass is 32.2. The summed E-state index contributed by atoms with van der Waals surface area (Å²) in [6.45, 7) is 1.33. The number of carbonyl (C=O) groups excluding carboxylic acids is 2. The van der Waals surface area contributed by atoms with Crippen LogP contribution in [0.1, 0.15) is 25.8 Å². The zero-order valence-electron chi connectivity index (χ0n) is 12.5. The fourth-order valence-corrected chi connectivity index (χ4v) is 2.86. The van der Waals surface area contributed by atoms with Crippen molar-refractivity contribution in [3.05, 3.63) is 24.5 Å². The number of hydrazine groups is 1. The number of amides is 2. The maximum absolute atomic E-state index is 11.7. The monoisotopic (exact) mass is 332 g/mol. The average Bonchev–Trinajstić information content (AvgIpc) is 3.31. The third-order valence-electron chi connectivity index (χ3n) is 3.23. The summed E-state index contributed by atoms with van der Waals surface area (Å²) in [6.07, 6.45) is 5.60. The van der Waals surface area contributed by atoms with E-state index in [4.69, 9.17) is 0 Å². The standard InChI is InChI=1S/C14H16N6O2S/c1-9(21)16-17-12(22)8-23-14-19-18-13(20(14)11-2-3-11)10-4-6-15-7-5-10/h4-7,11H,2-3,8H2,1H3,(H,16,21)(H,17,22). The molecule has 9 heteroatoms. The number of pyridine rings is 1. The van der Waals surface area contributed by atoms with Crippen LogP contribution < -0.4 is 10.9 Å². The maximum atomic E-state index is 11.7. The second-order valence-corrected chi connectivity index (χ2v) is 6.10. The van der Waals surface area contributed by atoms with Gasteiger partial charge in [-0.1, -0.05) is 11.8 Å². The zero-order valence-corrected chi connectivity index (χ0v) is 13.3. The Labute approximate surface area is 137 Å². The lowest BCUT2D eigenvalue weighted by Gasteiger charge is -2.09. The predicted molar refractivity (Wildman–Crippen MR) is 84.2 cm³/mol. The summed E-state index contributed by atoms with van der Waals surface area (Å²) in [5.41, 5.74) is 5.54. The van der Waals surface area contributed by atoms with Crippen LogP contribution in [0.5, 0.6) is 0 Å².